The lowest BCUT2D eigenvalue weighted by Crippen LogP contribution is -2.12. The summed E-state index contributed by atoms with van der Waals surface area (Å²) >= 11 is 0. The highest BCUT2D eigenvalue weighted by Gasteiger charge is 2.36. The molecule has 2 fully saturated rings. The van der Waals surface area contributed by atoms with Crippen LogP contribution in [0.2, 0.25) is 0 Å². The molecular weight excluding hydrogens is 280 g/mol. The van der Waals surface area contributed by atoms with Gasteiger partial charge in [-0.25, -0.2) is 0 Å². The number of hydrogen-bond donors (Lipinski definition) is 0. The Morgan fingerprint density at radius 1 is 0.565 bits per heavy atom. The first kappa shape index (κ1) is 15.4. The van der Waals surface area contributed by atoms with Crippen LogP contribution in [0.3, 0.4) is 0 Å². The highest BCUT2D eigenvalue weighted by Crippen LogP contribution is 2.46. The smallest absolute Gasteiger partial charge is 0.0471 e. The molecule has 0 atom stereocenters. The summed E-state index contributed by atoms with van der Waals surface area (Å²) in [7, 11) is 0. The van der Waals surface area contributed by atoms with E-state index in [0.29, 0.717) is 0 Å². The summed E-state index contributed by atoms with van der Waals surface area (Å²) in [4.78, 5) is 0. The van der Waals surface area contributed by atoms with E-state index in [0.717, 1.165) is 26.1 Å². The number of hydrogen-bond acceptors (Lipinski definition) is 1. The van der Waals surface area contributed by atoms with Crippen molar-refractivity contribution in [1.29, 1.82) is 0 Å². The van der Waals surface area contributed by atoms with E-state index >= 15 is 0 Å². The Morgan fingerprint density at radius 3 is 1.57 bits per heavy atom. The molecule has 23 heavy (non-hydrogen) atoms. The number of ether oxygens (including phenoxy) is 1. The van der Waals surface area contributed by atoms with Crippen molar-refractivity contribution in [1.82, 2.24) is 0 Å². The third-order valence-electron chi connectivity index (χ3n) is 4.57. The van der Waals surface area contributed by atoms with Gasteiger partial charge in [0.1, 0.15) is 0 Å². The number of allylic oxidation sites excluding steroid dienone is 8. The van der Waals surface area contributed by atoms with Crippen LogP contribution in [0.1, 0.15) is 12.8 Å². The van der Waals surface area contributed by atoms with Gasteiger partial charge < -0.3 is 4.74 Å². The van der Waals surface area contributed by atoms with Crippen molar-refractivity contribution in [3.8, 4) is 0 Å². The average Bonchev–Trinajstić information content (AvgIpc) is 3.19. The largest absolute Gasteiger partial charge is 0.381 e. The summed E-state index contributed by atoms with van der Waals surface area (Å²) in [6.45, 7) is 1.57. The first-order valence-corrected chi connectivity index (χ1v) is 8.26. The van der Waals surface area contributed by atoms with E-state index in [2.05, 4.69) is 74.3 Å². The van der Waals surface area contributed by atoms with Crippen LogP contribution in [0.4, 0.5) is 0 Å². The Morgan fingerprint density at radius 2 is 1.04 bits per heavy atom. The molecule has 0 aromatic carbocycles. The zero-order chi connectivity index (χ0) is 15.5. The zero-order valence-corrected chi connectivity index (χ0v) is 13.2. The molecule has 0 saturated heterocycles. The van der Waals surface area contributed by atoms with Crippen molar-refractivity contribution in [2.75, 3.05) is 13.2 Å². The molecule has 0 spiro atoms. The molecule has 4 aliphatic carbocycles. The predicted molar refractivity (Wildman–Crippen MR) is 93.3 cm³/mol. The van der Waals surface area contributed by atoms with Crippen molar-refractivity contribution in [2.24, 2.45) is 0 Å². The molecule has 0 N–H and O–H groups in total. The van der Waals surface area contributed by atoms with Crippen molar-refractivity contribution < 1.29 is 4.74 Å². The molecule has 0 aromatic rings. The van der Waals surface area contributed by atoms with E-state index < -0.39 is 0 Å². The molecule has 0 aliphatic heterocycles. The van der Waals surface area contributed by atoms with Crippen LogP contribution < -0.4 is 0 Å². The van der Waals surface area contributed by atoms with Crippen LogP contribution in [0, 0.1) is 61.2 Å². The summed E-state index contributed by atoms with van der Waals surface area (Å²) in [5.74, 6) is 8.14. The Labute approximate surface area is 141 Å². The molecule has 114 valence electrons. The third kappa shape index (κ3) is 3.40. The quantitative estimate of drug-likeness (QED) is 0.664. The molecule has 2 saturated carbocycles. The molecule has 0 aromatic heterocycles. The summed E-state index contributed by atoms with van der Waals surface area (Å²) in [5, 5.41) is 0. The second kappa shape index (κ2) is 7.21. The fraction of sp³-hybridized carbons (Fsp3) is 0.182. The molecule has 4 aliphatic rings. The number of rotatable bonds is 6. The number of fused-ring (bicyclic) bond motifs is 2. The van der Waals surface area contributed by atoms with E-state index in [4.69, 9.17) is 4.74 Å². The minimum atomic E-state index is 0.784. The average molecular weight is 300 g/mol. The molecule has 0 heterocycles. The Balaban J connectivity index is 1.15. The maximum absolute atomic E-state index is 5.88. The normalized spacial score (nSPS) is 26.4. The van der Waals surface area contributed by atoms with E-state index in [1.807, 2.05) is 0 Å². The monoisotopic (exact) mass is 300 g/mol. The highest BCUT2D eigenvalue weighted by molar-refractivity contribution is 5.63. The van der Waals surface area contributed by atoms with Gasteiger partial charge in [0.25, 0.3) is 0 Å². The van der Waals surface area contributed by atoms with Crippen LogP contribution in [0.25, 0.3) is 0 Å². The van der Waals surface area contributed by atoms with Gasteiger partial charge in [-0.15, -0.1) is 0 Å². The molecule has 10 radical (unpaired) electrons. The lowest BCUT2D eigenvalue weighted by molar-refractivity contribution is 0.135. The van der Waals surface area contributed by atoms with Gasteiger partial charge in [-0.3, -0.25) is 0 Å². The summed E-state index contributed by atoms with van der Waals surface area (Å²) in [6, 6.07) is 0. The second-order valence-corrected chi connectivity index (χ2v) is 6.00. The van der Waals surface area contributed by atoms with Gasteiger partial charge in [-0.2, -0.15) is 0 Å². The van der Waals surface area contributed by atoms with E-state index in [1.165, 1.54) is 35.5 Å². The van der Waals surface area contributed by atoms with Gasteiger partial charge in [0, 0.05) is 36.9 Å². The van der Waals surface area contributed by atoms with Gasteiger partial charge >= 0.3 is 0 Å². The third-order valence-corrected chi connectivity index (χ3v) is 4.57. The van der Waals surface area contributed by atoms with Crippen LogP contribution in [-0.2, 0) is 4.74 Å². The summed E-state index contributed by atoms with van der Waals surface area (Å²) < 4.78 is 5.88. The zero-order valence-electron chi connectivity index (χ0n) is 13.2. The summed E-state index contributed by atoms with van der Waals surface area (Å²) in [5.41, 5.74) is 0. The van der Waals surface area contributed by atoms with Gasteiger partial charge in [0.05, 0.1) is 0 Å². The fourth-order valence-corrected chi connectivity index (χ4v) is 3.33. The Hall–Kier alpha value is -1.08. The first-order chi connectivity index (χ1) is 11.4. The molecule has 0 bridgehead atoms. The standard InChI is InChI=1S/C22H20O/c1-3-7-21-17(5-1)9-11-19(21)13-15-23-16-14-20-12-10-18-6-2-4-8-22(18)20/h1-12H,13-16H2. The Bertz CT molecular complexity index is 466. The van der Waals surface area contributed by atoms with Gasteiger partial charge in [0.15, 0.2) is 0 Å². The second-order valence-electron chi connectivity index (χ2n) is 6.00. The minimum Gasteiger partial charge on any atom is -0.381 e. The molecule has 4 rings (SSSR count). The van der Waals surface area contributed by atoms with Gasteiger partial charge in [-0.05, 0) is 50.4 Å². The van der Waals surface area contributed by atoms with Crippen molar-refractivity contribution >= 4 is 0 Å². The van der Waals surface area contributed by atoms with Crippen molar-refractivity contribution in [3.05, 3.63) is 110 Å². The van der Waals surface area contributed by atoms with Crippen LogP contribution in [0.5, 0.6) is 0 Å². The van der Waals surface area contributed by atoms with E-state index in [1.54, 1.807) is 0 Å². The maximum Gasteiger partial charge on any atom is 0.0471 e. The lowest BCUT2D eigenvalue weighted by Gasteiger charge is -2.21. The fourth-order valence-electron chi connectivity index (χ4n) is 3.33. The van der Waals surface area contributed by atoms with Crippen LogP contribution in [-0.4, -0.2) is 13.2 Å². The first-order valence-electron chi connectivity index (χ1n) is 8.26. The maximum atomic E-state index is 5.88. The SMILES string of the molecule is [CH]1[CH][C](CCOCC[C]2[CH][CH][C]3C=CC=C[C]32)[C]2C=CC=C[C]12. The molecule has 0 amide bonds. The molecule has 1 heteroatoms. The Kier molecular flexibility index (Phi) is 4.85. The summed E-state index contributed by atoms with van der Waals surface area (Å²) in [6.07, 6.45) is 27.9. The highest BCUT2D eigenvalue weighted by atomic mass is 16.5. The van der Waals surface area contributed by atoms with E-state index in [-0.39, 0.29) is 0 Å². The van der Waals surface area contributed by atoms with Crippen molar-refractivity contribution in [3.63, 3.8) is 0 Å². The minimum absolute atomic E-state index is 0.784. The van der Waals surface area contributed by atoms with E-state index in [9.17, 15) is 0 Å². The molecular formula is C22H20O. The topological polar surface area (TPSA) is 9.23 Å². The predicted octanol–water partition coefficient (Wildman–Crippen LogP) is 4.33. The van der Waals surface area contributed by atoms with Crippen LogP contribution >= 0.6 is 0 Å². The lowest BCUT2D eigenvalue weighted by atomic mass is 9.85. The van der Waals surface area contributed by atoms with Gasteiger partial charge in [-0.1, -0.05) is 48.6 Å². The van der Waals surface area contributed by atoms with Crippen LogP contribution in [0.15, 0.2) is 48.6 Å². The van der Waals surface area contributed by atoms with Gasteiger partial charge in [0.2, 0.25) is 0 Å². The molecule has 1 nitrogen and oxygen atoms in total. The van der Waals surface area contributed by atoms with Crippen molar-refractivity contribution in [2.45, 2.75) is 12.8 Å². The molecule has 0 unspecified atom stereocenters.